The Morgan fingerprint density at radius 3 is 2.59 bits per heavy atom. The normalized spacial score (nSPS) is 18.6. The van der Waals surface area contributed by atoms with Gasteiger partial charge in [-0.1, -0.05) is 12.1 Å². The van der Waals surface area contributed by atoms with E-state index in [4.69, 9.17) is 9.47 Å². The molecule has 0 saturated carbocycles. The van der Waals surface area contributed by atoms with E-state index in [1.54, 1.807) is 0 Å². The molecule has 1 heterocycles. The lowest BCUT2D eigenvalue weighted by Gasteiger charge is -2.24. The van der Waals surface area contributed by atoms with Gasteiger partial charge >= 0.3 is 0 Å². The standard InChI is InChI=1S/C14H17NO7/c16-11(8-12-21-6-3-7-22-12)14(18)13(17)9-4-1-2-5-10(9)15(19)20/h1-2,4-5,12-14,17-18H,3,6-8H2/t13-,14-/m1/s1. The van der Waals surface area contributed by atoms with Crippen molar-refractivity contribution >= 4 is 11.5 Å². The van der Waals surface area contributed by atoms with Gasteiger partial charge in [-0.15, -0.1) is 0 Å². The van der Waals surface area contributed by atoms with Gasteiger partial charge in [-0.3, -0.25) is 14.9 Å². The largest absolute Gasteiger partial charge is 0.385 e. The summed E-state index contributed by atoms with van der Waals surface area (Å²) in [5, 5.41) is 30.9. The van der Waals surface area contributed by atoms with E-state index >= 15 is 0 Å². The van der Waals surface area contributed by atoms with Gasteiger partial charge in [-0.2, -0.15) is 0 Å². The van der Waals surface area contributed by atoms with Crippen molar-refractivity contribution in [1.29, 1.82) is 0 Å². The molecule has 0 amide bonds. The van der Waals surface area contributed by atoms with Crippen LogP contribution in [-0.4, -0.2) is 46.5 Å². The van der Waals surface area contributed by atoms with E-state index in [1.165, 1.54) is 24.3 Å². The predicted molar refractivity (Wildman–Crippen MR) is 74.0 cm³/mol. The quantitative estimate of drug-likeness (QED) is 0.586. The van der Waals surface area contributed by atoms with Crippen LogP contribution in [0, 0.1) is 10.1 Å². The second-order valence-corrected chi connectivity index (χ2v) is 4.90. The Balaban J connectivity index is 2.06. The fraction of sp³-hybridized carbons (Fsp3) is 0.500. The zero-order valence-electron chi connectivity index (χ0n) is 11.8. The van der Waals surface area contributed by atoms with Gasteiger partial charge in [0.1, 0.15) is 12.2 Å². The minimum absolute atomic E-state index is 0.112. The highest BCUT2D eigenvalue weighted by molar-refractivity contribution is 5.84. The van der Waals surface area contributed by atoms with E-state index in [9.17, 15) is 25.1 Å². The van der Waals surface area contributed by atoms with Gasteiger partial charge in [-0.05, 0) is 12.5 Å². The van der Waals surface area contributed by atoms with Crippen LogP contribution in [0.15, 0.2) is 24.3 Å². The molecule has 1 saturated heterocycles. The maximum atomic E-state index is 12.0. The predicted octanol–water partition coefficient (Wildman–Crippen LogP) is 0.711. The Morgan fingerprint density at radius 2 is 1.95 bits per heavy atom. The van der Waals surface area contributed by atoms with E-state index in [0.29, 0.717) is 13.2 Å². The first-order valence-electron chi connectivity index (χ1n) is 6.86. The summed E-state index contributed by atoms with van der Waals surface area (Å²) in [4.78, 5) is 22.2. The van der Waals surface area contributed by atoms with Crippen LogP contribution >= 0.6 is 0 Å². The fourth-order valence-electron chi connectivity index (χ4n) is 2.19. The first-order chi connectivity index (χ1) is 10.5. The van der Waals surface area contributed by atoms with Gasteiger partial charge < -0.3 is 19.7 Å². The summed E-state index contributed by atoms with van der Waals surface area (Å²) in [6, 6.07) is 5.42. The van der Waals surface area contributed by atoms with Gasteiger partial charge in [0.25, 0.3) is 5.69 Å². The van der Waals surface area contributed by atoms with Crippen LogP contribution in [-0.2, 0) is 14.3 Å². The average Bonchev–Trinajstić information content (AvgIpc) is 2.54. The summed E-state index contributed by atoms with van der Waals surface area (Å²) in [5.74, 6) is -0.697. The van der Waals surface area contributed by atoms with Gasteiger partial charge in [0.15, 0.2) is 12.1 Å². The third-order valence-corrected chi connectivity index (χ3v) is 3.35. The van der Waals surface area contributed by atoms with Crippen molar-refractivity contribution in [1.82, 2.24) is 0 Å². The first-order valence-corrected chi connectivity index (χ1v) is 6.86. The highest BCUT2D eigenvalue weighted by atomic mass is 16.7. The lowest BCUT2D eigenvalue weighted by atomic mass is 9.98. The number of para-hydroxylation sites is 1. The van der Waals surface area contributed by atoms with Crippen molar-refractivity contribution in [3.8, 4) is 0 Å². The summed E-state index contributed by atoms with van der Waals surface area (Å²) in [5.41, 5.74) is -0.467. The number of ketones is 1. The number of nitro groups is 1. The topological polar surface area (TPSA) is 119 Å². The average molecular weight is 311 g/mol. The van der Waals surface area contributed by atoms with Crippen LogP contribution in [0.25, 0.3) is 0 Å². The van der Waals surface area contributed by atoms with Crippen LogP contribution in [0.5, 0.6) is 0 Å². The molecule has 0 unspecified atom stereocenters. The molecule has 1 aliphatic rings. The second-order valence-electron chi connectivity index (χ2n) is 4.90. The van der Waals surface area contributed by atoms with Crippen LogP contribution in [0.4, 0.5) is 5.69 Å². The number of aliphatic hydroxyl groups excluding tert-OH is 2. The summed E-state index contributed by atoms with van der Waals surface area (Å²) in [6.07, 6.45) is -3.72. The molecule has 0 radical (unpaired) electrons. The summed E-state index contributed by atoms with van der Waals surface area (Å²) in [6.45, 7) is 0.918. The Morgan fingerprint density at radius 1 is 1.32 bits per heavy atom. The smallest absolute Gasteiger partial charge is 0.275 e. The van der Waals surface area contributed by atoms with Crippen LogP contribution in [0.3, 0.4) is 0 Å². The van der Waals surface area contributed by atoms with E-state index in [-0.39, 0.29) is 17.7 Å². The Kier molecular flexibility index (Phi) is 5.56. The third-order valence-electron chi connectivity index (χ3n) is 3.35. The molecule has 0 aromatic heterocycles. The molecule has 0 bridgehead atoms. The number of carbonyl (C=O) groups is 1. The maximum absolute atomic E-state index is 12.0. The van der Waals surface area contributed by atoms with Crippen molar-refractivity contribution in [3.05, 3.63) is 39.9 Å². The molecular formula is C14H17NO7. The number of ether oxygens (including phenoxy) is 2. The van der Waals surface area contributed by atoms with Crippen LogP contribution in [0.1, 0.15) is 24.5 Å². The lowest BCUT2D eigenvalue weighted by Crippen LogP contribution is -2.34. The molecule has 2 N–H and O–H groups in total. The SMILES string of the molecule is O=C(CC1OCCCO1)[C@@H](O)[C@H](O)c1ccccc1[N+](=O)[O-]. The van der Waals surface area contributed by atoms with Crippen LogP contribution in [0.2, 0.25) is 0 Å². The van der Waals surface area contributed by atoms with Crippen molar-refractivity contribution < 1.29 is 29.4 Å². The molecule has 120 valence electrons. The third kappa shape index (κ3) is 3.86. The maximum Gasteiger partial charge on any atom is 0.275 e. The highest BCUT2D eigenvalue weighted by Gasteiger charge is 2.32. The summed E-state index contributed by atoms with van der Waals surface area (Å²) < 4.78 is 10.4. The number of carbonyl (C=O) groups excluding carboxylic acids is 1. The van der Waals surface area contributed by atoms with Gasteiger partial charge in [0.05, 0.1) is 30.1 Å². The number of hydrogen-bond donors (Lipinski definition) is 2. The van der Waals surface area contributed by atoms with Gasteiger partial charge in [-0.25, -0.2) is 0 Å². The van der Waals surface area contributed by atoms with Crippen molar-refractivity contribution in [2.75, 3.05) is 13.2 Å². The first kappa shape index (κ1) is 16.5. The summed E-state index contributed by atoms with van der Waals surface area (Å²) >= 11 is 0. The van der Waals surface area contributed by atoms with E-state index in [0.717, 1.165) is 6.42 Å². The second kappa shape index (κ2) is 7.41. The number of hydrogen-bond acceptors (Lipinski definition) is 7. The Bertz CT molecular complexity index is 542. The summed E-state index contributed by atoms with van der Waals surface area (Å²) in [7, 11) is 0. The molecule has 1 fully saturated rings. The molecular weight excluding hydrogens is 294 g/mol. The zero-order chi connectivity index (χ0) is 16.1. The molecule has 1 aromatic rings. The Labute approximate surface area is 126 Å². The number of aliphatic hydroxyl groups is 2. The van der Waals surface area contributed by atoms with E-state index < -0.39 is 29.2 Å². The minimum Gasteiger partial charge on any atom is -0.385 e. The molecule has 2 rings (SSSR count). The molecule has 8 nitrogen and oxygen atoms in total. The lowest BCUT2D eigenvalue weighted by molar-refractivity contribution is -0.386. The van der Waals surface area contributed by atoms with E-state index in [2.05, 4.69) is 0 Å². The number of Topliss-reactive ketones (excluding diaryl/α,β-unsaturated/α-hetero) is 1. The molecule has 22 heavy (non-hydrogen) atoms. The van der Waals surface area contributed by atoms with Gasteiger partial charge in [0.2, 0.25) is 0 Å². The van der Waals surface area contributed by atoms with Crippen molar-refractivity contribution in [2.45, 2.75) is 31.3 Å². The number of rotatable bonds is 6. The minimum atomic E-state index is -1.78. The number of benzene rings is 1. The molecule has 0 aliphatic carbocycles. The number of nitrogens with zero attached hydrogens (tertiary/aromatic N) is 1. The number of nitro benzene ring substituents is 1. The molecule has 2 atom stereocenters. The Hall–Kier alpha value is -1.87. The molecule has 1 aliphatic heterocycles. The molecule has 8 heteroatoms. The van der Waals surface area contributed by atoms with Gasteiger partial charge in [0, 0.05) is 6.07 Å². The monoisotopic (exact) mass is 311 g/mol. The van der Waals surface area contributed by atoms with E-state index in [1.807, 2.05) is 0 Å². The fourth-order valence-corrected chi connectivity index (χ4v) is 2.19. The molecule has 0 spiro atoms. The highest BCUT2D eigenvalue weighted by Crippen LogP contribution is 2.28. The van der Waals surface area contributed by atoms with Crippen LogP contribution < -0.4 is 0 Å². The zero-order valence-corrected chi connectivity index (χ0v) is 11.8. The molecule has 1 aromatic carbocycles. The van der Waals surface area contributed by atoms with Crippen molar-refractivity contribution in [3.63, 3.8) is 0 Å². The van der Waals surface area contributed by atoms with Crippen molar-refractivity contribution in [2.24, 2.45) is 0 Å².